The fourth-order valence-electron chi connectivity index (χ4n) is 2.48. The van der Waals surface area contributed by atoms with E-state index in [1.165, 1.54) is 12.1 Å². The molecule has 5 heteroatoms. The van der Waals surface area contributed by atoms with Crippen LogP contribution in [0.5, 0.6) is 0 Å². The van der Waals surface area contributed by atoms with Crippen molar-refractivity contribution in [2.75, 3.05) is 6.26 Å². The molecular weight excluding hydrogens is 400 g/mol. The van der Waals surface area contributed by atoms with Crippen molar-refractivity contribution in [3.63, 3.8) is 0 Å². The Labute approximate surface area is 155 Å². The Kier molecular flexibility index (Phi) is 4.88. The van der Waals surface area contributed by atoms with Crippen LogP contribution in [-0.4, -0.2) is 20.5 Å². The first-order valence-electron chi connectivity index (χ1n) is 7.55. The molecule has 0 fully saturated rings. The predicted octanol–water partition coefficient (Wildman–Crippen LogP) is 4.75. The number of carbonyl (C=O) groups is 1. The van der Waals surface area contributed by atoms with E-state index in [2.05, 4.69) is 15.9 Å². The molecule has 0 radical (unpaired) electrons. The van der Waals surface area contributed by atoms with E-state index >= 15 is 0 Å². The summed E-state index contributed by atoms with van der Waals surface area (Å²) in [5, 5.41) is 0. The summed E-state index contributed by atoms with van der Waals surface area (Å²) in [4.78, 5) is 12.7. The summed E-state index contributed by atoms with van der Waals surface area (Å²) in [6, 6.07) is 21.3. The molecule has 0 spiro atoms. The van der Waals surface area contributed by atoms with Crippen LogP contribution in [0.4, 0.5) is 0 Å². The molecule has 3 aromatic rings. The first-order valence-corrected chi connectivity index (χ1v) is 10.2. The Bertz CT molecular complexity index is 1000. The Hall–Kier alpha value is -2.24. The normalized spacial score (nSPS) is 11.3. The molecule has 3 rings (SSSR count). The number of halogens is 1. The van der Waals surface area contributed by atoms with Gasteiger partial charge in [-0.05, 0) is 47.5 Å². The lowest BCUT2D eigenvalue weighted by Crippen LogP contribution is -2.03. The lowest BCUT2D eigenvalue weighted by molar-refractivity contribution is 0.103. The van der Waals surface area contributed by atoms with Crippen LogP contribution in [0.1, 0.15) is 15.9 Å². The van der Waals surface area contributed by atoms with E-state index < -0.39 is 9.84 Å². The highest BCUT2D eigenvalue weighted by atomic mass is 79.9. The van der Waals surface area contributed by atoms with Crippen molar-refractivity contribution in [1.29, 1.82) is 0 Å². The van der Waals surface area contributed by atoms with Gasteiger partial charge in [-0.3, -0.25) is 4.79 Å². The molecule has 0 aliphatic carbocycles. The van der Waals surface area contributed by atoms with Crippen molar-refractivity contribution >= 4 is 31.6 Å². The second kappa shape index (κ2) is 6.94. The minimum Gasteiger partial charge on any atom is -0.289 e. The molecule has 3 nitrogen and oxygen atoms in total. The standard InChI is InChI=1S/C20H15BrO3S/c1-25(23,24)19-12-8-17(9-13-19)20(22)16-4-2-14(3-5-16)15-6-10-18(21)11-7-15/h2-13H,1H3. The van der Waals surface area contributed by atoms with Gasteiger partial charge in [-0.2, -0.15) is 0 Å². The van der Waals surface area contributed by atoms with Gasteiger partial charge in [0.1, 0.15) is 0 Å². The van der Waals surface area contributed by atoms with E-state index in [9.17, 15) is 13.2 Å². The lowest BCUT2D eigenvalue weighted by atomic mass is 9.99. The van der Waals surface area contributed by atoms with Crippen molar-refractivity contribution in [3.8, 4) is 11.1 Å². The van der Waals surface area contributed by atoms with Gasteiger partial charge in [0, 0.05) is 21.9 Å². The van der Waals surface area contributed by atoms with Crippen LogP contribution in [0.3, 0.4) is 0 Å². The lowest BCUT2D eigenvalue weighted by Gasteiger charge is -2.05. The first kappa shape index (κ1) is 17.6. The first-order chi connectivity index (χ1) is 11.8. The van der Waals surface area contributed by atoms with Crippen LogP contribution in [0.25, 0.3) is 11.1 Å². The highest BCUT2D eigenvalue weighted by Gasteiger charge is 2.12. The van der Waals surface area contributed by atoms with Gasteiger partial charge in [-0.1, -0.05) is 52.3 Å². The van der Waals surface area contributed by atoms with E-state index in [1.54, 1.807) is 24.3 Å². The summed E-state index contributed by atoms with van der Waals surface area (Å²) < 4.78 is 24.0. The van der Waals surface area contributed by atoms with Crippen LogP contribution in [0.15, 0.2) is 82.2 Å². The number of benzene rings is 3. The second-order valence-corrected chi connectivity index (χ2v) is 8.64. The highest BCUT2D eigenvalue weighted by Crippen LogP contribution is 2.23. The van der Waals surface area contributed by atoms with Crippen molar-refractivity contribution in [1.82, 2.24) is 0 Å². The third-order valence-corrected chi connectivity index (χ3v) is 5.53. The minimum atomic E-state index is -3.26. The van der Waals surface area contributed by atoms with Gasteiger partial charge in [-0.15, -0.1) is 0 Å². The van der Waals surface area contributed by atoms with Crippen molar-refractivity contribution in [2.45, 2.75) is 4.90 Å². The fraction of sp³-hybridized carbons (Fsp3) is 0.0500. The molecule has 126 valence electrons. The van der Waals surface area contributed by atoms with Crippen LogP contribution in [-0.2, 0) is 9.84 Å². The smallest absolute Gasteiger partial charge is 0.193 e. The molecule has 3 aromatic carbocycles. The maximum Gasteiger partial charge on any atom is 0.193 e. The zero-order valence-corrected chi connectivity index (χ0v) is 15.8. The van der Waals surface area contributed by atoms with Crippen molar-refractivity contribution in [2.24, 2.45) is 0 Å². The Morgan fingerprint density at radius 3 is 1.56 bits per heavy atom. The Morgan fingerprint density at radius 1 is 0.720 bits per heavy atom. The second-order valence-electron chi connectivity index (χ2n) is 5.71. The average molecular weight is 415 g/mol. The van der Waals surface area contributed by atoms with Gasteiger partial charge in [0.15, 0.2) is 15.6 Å². The molecule has 0 atom stereocenters. The fourth-order valence-corrected chi connectivity index (χ4v) is 3.37. The van der Waals surface area contributed by atoms with E-state index in [0.29, 0.717) is 11.1 Å². The zero-order chi connectivity index (χ0) is 18.0. The molecule has 0 heterocycles. The van der Waals surface area contributed by atoms with Crippen LogP contribution < -0.4 is 0 Å². The SMILES string of the molecule is CS(=O)(=O)c1ccc(C(=O)c2ccc(-c3ccc(Br)cc3)cc2)cc1. The summed E-state index contributed by atoms with van der Waals surface area (Å²) in [7, 11) is -3.26. The van der Waals surface area contributed by atoms with Gasteiger partial charge in [-0.25, -0.2) is 8.42 Å². The third-order valence-electron chi connectivity index (χ3n) is 3.87. The van der Waals surface area contributed by atoms with Gasteiger partial charge in [0.2, 0.25) is 0 Å². The highest BCUT2D eigenvalue weighted by molar-refractivity contribution is 9.10. The quantitative estimate of drug-likeness (QED) is 0.578. The molecular formula is C20H15BrO3S. The van der Waals surface area contributed by atoms with E-state index in [0.717, 1.165) is 21.9 Å². The molecule has 0 saturated heterocycles. The maximum absolute atomic E-state index is 12.5. The molecule has 0 unspecified atom stereocenters. The number of sulfone groups is 1. The van der Waals surface area contributed by atoms with Gasteiger partial charge < -0.3 is 0 Å². The summed E-state index contributed by atoms with van der Waals surface area (Å²) >= 11 is 3.41. The van der Waals surface area contributed by atoms with Crippen LogP contribution in [0, 0.1) is 0 Å². The summed E-state index contributed by atoms with van der Waals surface area (Å²) in [5.74, 6) is -0.137. The van der Waals surface area contributed by atoms with E-state index in [-0.39, 0.29) is 10.7 Å². The molecule has 0 bridgehead atoms. The molecule has 0 amide bonds. The number of rotatable bonds is 4. The van der Waals surface area contributed by atoms with Crippen molar-refractivity contribution < 1.29 is 13.2 Å². The topological polar surface area (TPSA) is 51.2 Å². The maximum atomic E-state index is 12.5. The van der Waals surface area contributed by atoms with Crippen molar-refractivity contribution in [3.05, 3.63) is 88.4 Å². The largest absolute Gasteiger partial charge is 0.289 e. The number of hydrogen-bond donors (Lipinski definition) is 0. The third kappa shape index (κ3) is 4.06. The van der Waals surface area contributed by atoms with Gasteiger partial charge in [0.25, 0.3) is 0 Å². The van der Waals surface area contributed by atoms with Gasteiger partial charge in [0.05, 0.1) is 4.90 Å². The molecule has 0 N–H and O–H groups in total. The summed E-state index contributed by atoms with van der Waals surface area (Å²) in [5.41, 5.74) is 3.12. The number of ketones is 1. The van der Waals surface area contributed by atoms with Crippen LogP contribution in [0.2, 0.25) is 0 Å². The van der Waals surface area contributed by atoms with Crippen LogP contribution >= 0.6 is 15.9 Å². The van der Waals surface area contributed by atoms with E-state index in [1.807, 2.05) is 36.4 Å². The molecule has 0 aliphatic rings. The summed E-state index contributed by atoms with van der Waals surface area (Å²) in [6.45, 7) is 0. The zero-order valence-electron chi connectivity index (χ0n) is 13.4. The summed E-state index contributed by atoms with van der Waals surface area (Å²) in [6.07, 6.45) is 1.14. The minimum absolute atomic E-state index is 0.137. The number of carbonyl (C=O) groups excluding carboxylic acids is 1. The predicted molar refractivity (Wildman–Crippen MR) is 103 cm³/mol. The molecule has 0 aromatic heterocycles. The monoisotopic (exact) mass is 414 g/mol. The molecule has 0 saturated carbocycles. The Balaban J connectivity index is 1.84. The van der Waals surface area contributed by atoms with Gasteiger partial charge >= 0.3 is 0 Å². The Morgan fingerprint density at radius 2 is 1.12 bits per heavy atom. The average Bonchev–Trinajstić information content (AvgIpc) is 2.61. The number of hydrogen-bond acceptors (Lipinski definition) is 3. The molecule has 25 heavy (non-hydrogen) atoms. The molecule has 0 aliphatic heterocycles. The van der Waals surface area contributed by atoms with E-state index in [4.69, 9.17) is 0 Å².